The molecule has 1 aromatic heterocycles. The van der Waals surface area contributed by atoms with Gasteiger partial charge in [-0.1, -0.05) is 39.0 Å². The summed E-state index contributed by atoms with van der Waals surface area (Å²) in [5.41, 5.74) is 1.00. The highest BCUT2D eigenvalue weighted by Gasteiger charge is 2.63. The minimum Gasteiger partial charge on any atom is -0.460 e. The lowest BCUT2D eigenvalue weighted by Crippen LogP contribution is -2.63. The van der Waals surface area contributed by atoms with Crippen LogP contribution < -0.4 is 5.32 Å². The molecular weight excluding hydrogens is 654 g/mol. The Kier molecular flexibility index (Phi) is 10.6. The van der Waals surface area contributed by atoms with Gasteiger partial charge in [0.05, 0.1) is 6.10 Å². The molecule has 0 spiro atoms. The lowest BCUT2D eigenvalue weighted by atomic mass is 9.44. The SMILES string of the molecule is C[C@H](CCC(=O)OC(C)(C)C)[C@H]1CC[C@H]2[C@@H]3[C@@H](O)C[C@@H]4CN(C(=O)[C@H](Cc5c[nH]c6ccccc56)NC(=O)OC(C)(C)C)CC[C@]4(C)[C@H]3CC[C@]12C. The van der Waals surface area contributed by atoms with Crippen LogP contribution in [0.1, 0.15) is 119 Å². The van der Waals surface area contributed by atoms with Crippen molar-refractivity contribution in [2.75, 3.05) is 13.1 Å². The number of fused-ring (bicyclic) bond motifs is 6. The molecule has 2 heterocycles. The lowest BCUT2D eigenvalue weighted by molar-refractivity contribution is -0.176. The number of aromatic nitrogens is 1. The second-order valence-corrected chi connectivity index (χ2v) is 19.4. The molecule has 1 saturated heterocycles. The van der Waals surface area contributed by atoms with Crippen molar-refractivity contribution in [3.8, 4) is 0 Å². The van der Waals surface area contributed by atoms with Crippen LogP contribution in [0.2, 0.25) is 0 Å². The molecule has 2 amide bonds. The predicted molar refractivity (Wildman–Crippen MR) is 203 cm³/mol. The van der Waals surface area contributed by atoms with E-state index in [-0.39, 0.29) is 34.5 Å². The van der Waals surface area contributed by atoms with Gasteiger partial charge >= 0.3 is 12.1 Å². The van der Waals surface area contributed by atoms with Crippen LogP contribution in [0.3, 0.4) is 0 Å². The summed E-state index contributed by atoms with van der Waals surface area (Å²) in [6.07, 6.45) is 8.68. The van der Waals surface area contributed by atoms with Crippen LogP contribution in [0.25, 0.3) is 10.9 Å². The van der Waals surface area contributed by atoms with Crippen LogP contribution in [-0.4, -0.2) is 69.4 Å². The van der Waals surface area contributed by atoms with Gasteiger partial charge in [-0.2, -0.15) is 0 Å². The largest absolute Gasteiger partial charge is 0.460 e. The summed E-state index contributed by atoms with van der Waals surface area (Å²) in [5, 5.41) is 16.0. The molecule has 1 aromatic carbocycles. The summed E-state index contributed by atoms with van der Waals surface area (Å²) in [7, 11) is 0. The highest BCUT2D eigenvalue weighted by Crippen LogP contribution is 2.67. The van der Waals surface area contributed by atoms with Crippen molar-refractivity contribution in [1.82, 2.24) is 15.2 Å². The van der Waals surface area contributed by atoms with E-state index in [4.69, 9.17) is 9.47 Å². The zero-order valence-corrected chi connectivity index (χ0v) is 33.2. The summed E-state index contributed by atoms with van der Waals surface area (Å²) in [6.45, 7) is 19.7. The highest BCUT2D eigenvalue weighted by molar-refractivity contribution is 5.88. The van der Waals surface area contributed by atoms with E-state index in [1.807, 2.05) is 76.9 Å². The fraction of sp³-hybridized carbons (Fsp3) is 0.744. The van der Waals surface area contributed by atoms with Crippen LogP contribution >= 0.6 is 0 Å². The molecule has 4 fully saturated rings. The Morgan fingerprint density at radius 3 is 2.38 bits per heavy atom. The average molecular weight is 720 g/mol. The number of piperidine rings is 1. The minimum absolute atomic E-state index is 0.0351. The molecule has 4 aliphatic rings. The normalized spacial score (nSPS) is 33.0. The van der Waals surface area contributed by atoms with Crippen molar-refractivity contribution in [2.45, 2.75) is 143 Å². The molecule has 6 rings (SSSR count). The lowest BCUT2D eigenvalue weighted by Gasteiger charge is -2.63. The third-order valence-electron chi connectivity index (χ3n) is 13.8. The van der Waals surface area contributed by atoms with Crippen molar-refractivity contribution < 1.29 is 29.0 Å². The molecule has 2 aromatic rings. The number of aromatic amines is 1. The Morgan fingerprint density at radius 2 is 1.67 bits per heavy atom. The molecule has 0 unspecified atom stereocenters. The van der Waals surface area contributed by atoms with E-state index in [0.29, 0.717) is 56.0 Å². The Bertz CT molecular complexity index is 1620. The van der Waals surface area contributed by atoms with E-state index >= 15 is 0 Å². The van der Waals surface area contributed by atoms with E-state index in [0.717, 1.165) is 55.0 Å². The zero-order valence-electron chi connectivity index (χ0n) is 33.2. The van der Waals surface area contributed by atoms with E-state index < -0.39 is 29.4 Å². The third kappa shape index (κ3) is 7.76. The highest BCUT2D eigenvalue weighted by atomic mass is 16.6. The number of hydrogen-bond acceptors (Lipinski definition) is 6. The number of likely N-dealkylation sites (tertiary alicyclic amines) is 1. The number of benzene rings is 1. The van der Waals surface area contributed by atoms with Crippen molar-refractivity contribution in [2.24, 2.45) is 46.3 Å². The van der Waals surface area contributed by atoms with Crippen molar-refractivity contribution in [1.29, 1.82) is 0 Å². The number of carbonyl (C=O) groups excluding carboxylic acids is 3. The number of nitrogens with zero attached hydrogens (tertiary/aromatic N) is 1. The first kappa shape index (κ1) is 38.6. The summed E-state index contributed by atoms with van der Waals surface area (Å²) < 4.78 is 11.2. The van der Waals surface area contributed by atoms with Crippen LogP contribution in [-0.2, 0) is 25.5 Å². The van der Waals surface area contributed by atoms with Gasteiger partial charge in [-0.05, 0) is 144 Å². The van der Waals surface area contributed by atoms with Gasteiger partial charge in [-0.25, -0.2) is 4.79 Å². The second kappa shape index (κ2) is 14.3. The fourth-order valence-corrected chi connectivity index (χ4v) is 11.4. The number of aliphatic hydroxyl groups is 1. The van der Waals surface area contributed by atoms with Crippen LogP contribution in [0, 0.1) is 46.3 Å². The number of nitrogens with one attached hydrogen (secondary N) is 2. The number of hydrogen-bond donors (Lipinski definition) is 3. The number of H-pyrrole nitrogens is 1. The van der Waals surface area contributed by atoms with E-state index in [2.05, 4.69) is 31.1 Å². The van der Waals surface area contributed by atoms with Crippen molar-refractivity contribution in [3.05, 3.63) is 36.0 Å². The van der Waals surface area contributed by atoms with Gasteiger partial charge in [0.2, 0.25) is 5.91 Å². The Balaban J connectivity index is 1.15. The fourth-order valence-electron chi connectivity index (χ4n) is 11.4. The molecule has 52 heavy (non-hydrogen) atoms. The third-order valence-corrected chi connectivity index (χ3v) is 13.8. The summed E-state index contributed by atoms with van der Waals surface area (Å²) >= 11 is 0. The average Bonchev–Trinajstić information content (AvgIpc) is 3.62. The summed E-state index contributed by atoms with van der Waals surface area (Å²) in [6, 6.07) is 7.23. The molecule has 10 atom stereocenters. The van der Waals surface area contributed by atoms with Gasteiger partial charge in [0.15, 0.2) is 0 Å². The Labute approximate surface area is 311 Å². The number of rotatable bonds is 8. The van der Waals surface area contributed by atoms with Gasteiger partial charge in [-0.3, -0.25) is 9.59 Å². The topological polar surface area (TPSA) is 121 Å². The van der Waals surface area contributed by atoms with Crippen LogP contribution in [0.4, 0.5) is 4.79 Å². The number of carbonyl (C=O) groups is 3. The molecule has 9 nitrogen and oxygen atoms in total. The van der Waals surface area contributed by atoms with Gasteiger partial charge in [0.25, 0.3) is 0 Å². The van der Waals surface area contributed by atoms with Crippen molar-refractivity contribution >= 4 is 28.9 Å². The van der Waals surface area contributed by atoms with Gasteiger partial charge < -0.3 is 29.8 Å². The number of alkyl carbamates (subject to hydrolysis) is 1. The van der Waals surface area contributed by atoms with Crippen LogP contribution in [0.5, 0.6) is 0 Å². The number of aliphatic hydroxyl groups excluding tert-OH is 1. The second-order valence-electron chi connectivity index (χ2n) is 19.4. The van der Waals surface area contributed by atoms with Gasteiger partial charge in [0.1, 0.15) is 17.2 Å². The molecular formula is C43H65N3O6. The van der Waals surface area contributed by atoms with Gasteiger partial charge in [0, 0.05) is 43.0 Å². The van der Waals surface area contributed by atoms with Gasteiger partial charge in [-0.15, -0.1) is 0 Å². The first-order valence-corrected chi connectivity index (χ1v) is 20.0. The molecule has 9 heteroatoms. The standard InChI is InChI=1S/C43H65N3O6/c1-26(14-17-36(48)51-40(2,3)4)30-15-16-31-37-32(18-19-43(30,31)9)42(8)20-21-46(25-28(42)23-35(37)47)38(49)34(45-39(50)52-41(5,6)7)22-27-24-44-33-13-11-10-12-29(27)33/h10-13,24,26,28,30-32,34-35,37,44,47H,14-23,25H2,1-9H3,(H,45,50)/t26-,28-,30-,31+,32+,34+,35+,37+,42+,43-/m1/s1. The Hall–Kier alpha value is -3.07. The first-order chi connectivity index (χ1) is 24.3. The minimum atomic E-state index is -0.775. The maximum atomic E-state index is 14.4. The maximum absolute atomic E-state index is 14.4. The van der Waals surface area contributed by atoms with E-state index in [1.54, 1.807) is 0 Å². The molecule has 3 saturated carbocycles. The number of ether oxygens (including phenoxy) is 2. The van der Waals surface area contributed by atoms with Crippen molar-refractivity contribution in [3.63, 3.8) is 0 Å². The molecule has 288 valence electrons. The molecule has 3 N–H and O–H groups in total. The van der Waals surface area contributed by atoms with E-state index in [9.17, 15) is 19.5 Å². The smallest absolute Gasteiger partial charge is 0.408 e. The van der Waals surface area contributed by atoms with Crippen LogP contribution in [0.15, 0.2) is 30.5 Å². The Morgan fingerprint density at radius 1 is 0.981 bits per heavy atom. The molecule has 3 aliphatic carbocycles. The number of amides is 2. The summed E-state index contributed by atoms with van der Waals surface area (Å²) in [5.74, 6) is 2.07. The molecule has 0 bridgehead atoms. The molecule has 0 radical (unpaired) electrons. The molecule has 1 aliphatic heterocycles. The monoisotopic (exact) mass is 719 g/mol. The maximum Gasteiger partial charge on any atom is 0.408 e. The first-order valence-electron chi connectivity index (χ1n) is 20.0. The number of esters is 1. The zero-order chi connectivity index (χ0) is 37.8. The summed E-state index contributed by atoms with van der Waals surface area (Å²) in [4.78, 5) is 45.3. The predicted octanol–water partition coefficient (Wildman–Crippen LogP) is 8.04. The quantitative estimate of drug-likeness (QED) is 0.238. The number of para-hydroxylation sites is 1. The van der Waals surface area contributed by atoms with E-state index in [1.165, 1.54) is 0 Å².